The van der Waals surface area contributed by atoms with Gasteiger partial charge in [-0.2, -0.15) is 13.2 Å². The van der Waals surface area contributed by atoms with E-state index in [1.165, 1.54) is 18.2 Å². The lowest BCUT2D eigenvalue weighted by atomic mass is 9.44. The van der Waals surface area contributed by atoms with Crippen molar-refractivity contribution >= 4 is 23.8 Å². The van der Waals surface area contributed by atoms with Gasteiger partial charge in [0.2, 0.25) is 0 Å². The summed E-state index contributed by atoms with van der Waals surface area (Å²) in [6.07, 6.45) is 1.06. The number of carbonyl (C=O) groups excluding carboxylic acids is 3. The lowest BCUT2D eigenvalue weighted by Gasteiger charge is -2.61. The smallest absolute Gasteiger partial charge is 0.416 e. The maximum atomic E-state index is 13.4. The molecule has 0 unspecified atom stereocenters. The highest BCUT2D eigenvalue weighted by Crippen LogP contribution is 2.68. The first-order valence-corrected chi connectivity index (χ1v) is 14.1. The molecular weight excluding hydrogens is 537 g/mol. The molecule has 1 aromatic carbocycles. The predicted molar refractivity (Wildman–Crippen MR) is 146 cm³/mol. The monoisotopic (exact) mass is 576 g/mol. The molecule has 0 amide bonds. The summed E-state index contributed by atoms with van der Waals surface area (Å²) in [6, 6.07) is 4.25. The third-order valence-corrected chi connectivity index (χ3v) is 10.6. The van der Waals surface area contributed by atoms with Crippen LogP contribution in [0.25, 0.3) is 6.08 Å². The summed E-state index contributed by atoms with van der Waals surface area (Å²) < 4.78 is 49.3. The number of aliphatic hydroxyl groups is 1. The molecule has 6 nitrogen and oxygen atoms in total. The van der Waals surface area contributed by atoms with Crippen molar-refractivity contribution in [2.45, 2.75) is 78.2 Å². The number of ether oxygens (including phenoxy) is 2. The van der Waals surface area contributed by atoms with Crippen molar-refractivity contribution in [3.05, 3.63) is 54.1 Å². The van der Waals surface area contributed by atoms with Gasteiger partial charge in [-0.05, 0) is 66.7 Å². The second kappa shape index (κ2) is 11.0. The van der Waals surface area contributed by atoms with Gasteiger partial charge in [0, 0.05) is 29.2 Å². The zero-order valence-electron chi connectivity index (χ0n) is 24.0. The number of Topliss-reactive ketones (excluding diaryl/α,β-unsaturated/α-hetero) is 1. The summed E-state index contributed by atoms with van der Waals surface area (Å²) in [5, 5.41) is 11.6. The topological polar surface area (TPSA) is 89.9 Å². The molecule has 9 heteroatoms. The first-order valence-electron chi connectivity index (χ1n) is 14.1. The van der Waals surface area contributed by atoms with E-state index in [1.807, 2.05) is 20.8 Å². The molecule has 0 aliphatic heterocycles. The second-order valence-electron chi connectivity index (χ2n) is 12.6. The number of aliphatic hydroxyl groups excluding tert-OH is 1. The number of halogens is 3. The summed E-state index contributed by atoms with van der Waals surface area (Å²) in [5.41, 5.74) is -2.32. The fourth-order valence-electron chi connectivity index (χ4n) is 7.82. The second-order valence-corrected chi connectivity index (χ2v) is 12.6. The highest BCUT2D eigenvalue weighted by Gasteiger charge is 2.68. The number of esters is 2. The van der Waals surface area contributed by atoms with Gasteiger partial charge in [-0.15, -0.1) is 6.58 Å². The normalized spacial score (nSPS) is 37.2. The Morgan fingerprint density at radius 3 is 2.41 bits per heavy atom. The first-order chi connectivity index (χ1) is 19.1. The zero-order chi connectivity index (χ0) is 30.4. The molecule has 3 aliphatic rings. The van der Waals surface area contributed by atoms with Crippen molar-refractivity contribution in [1.29, 1.82) is 0 Å². The molecule has 0 saturated heterocycles. The Labute approximate surface area is 239 Å². The van der Waals surface area contributed by atoms with Crippen molar-refractivity contribution < 1.29 is 42.1 Å². The summed E-state index contributed by atoms with van der Waals surface area (Å²) >= 11 is 0. The third kappa shape index (κ3) is 5.49. The Kier molecular flexibility index (Phi) is 8.35. The van der Waals surface area contributed by atoms with E-state index in [0.717, 1.165) is 31.1 Å². The van der Waals surface area contributed by atoms with E-state index in [-0.39, 0.29) is 30.0 Å². The summed E-state index contributed by atoms with van der Waals surface area (Å²) in [4.78, 5) is 38.7. The Hall–Kier alpha value is -2.94. The summed E-state index contributed by atoms with van der Waals surface area (Å²) in [7, 11) is 0. The Morgan fingerprint density at radius 2 is 1.80 bits per heavy atom. The SMILES string of the molecule is C=C[C@]1(C)C[C@@H](OC(=O)COC(=O)/C=C/c2ccc(C(F)(F)F)cc2)[C@]2(C)[C@H](C)CC[C@]3(CCC(=O)[C@H]32)[C@@H](C)[C@@H]1O. The van der Waals surface area contributed by atoms with Crippen LogP contribution in [-0.2, 0) is 30.0 Å². The van der Waals surface area contributed by atoms with Crippen LogP contribution in [0.15, 0.2) is 43.0 Å². The predicted octanol–water partition coefficient (Wildman–Crippen LogP) is 6.17. The molecule has 1 N–H and O–H groups in total. The van der Waals surface area contributed by atoms with E-state index in [2.05, 4.69) is 13.5 Å². The third-order valence-electron chi connectivity index (χ3n) is 10.6. The standard InChI is InChI=1S/C32H39F3O6/c1-6-29(4)17-24(30(5)19(2)13-15-31(20(3)28(29)39)16-14-23(36)27(30)31)41-26(38)18-40-25(37)12-9-21-7-10-22(11-8-21)32(33,34)35/h6-12,19-20,24,27-28,39H,1,13-18H2,2-5H3/b12-9+/t19-,20+,24-,27+,28+,29-,30+,31+/m1/s1. The van der Waals surface area contributed by atoms with Gasteiger partial charge in [-0.25, -0.2) is 9.59 Å². The molecule has 41 heavy (non-hydrogen) atoms. The van der Waals surface area contributed by atoms with Crippen LogP contribution in [-0.4, -0.2) is 41.6 Å². The van der Waals surface area contributed by atoms with Crippen molar-refractivity contribution in [1.82, 2.24) is 0 Å². The Bertz CT molecular complexity index is 1220. The van der Waals surface area contributed by atoms with E-state index in [0.29, 0.717) is 18.4 Å². The average Bonchev–Trinajstić information content (AvgIpc) is 3.28. The molecule has 2 bridgehead atoms. The molecule has 8 atom stereocenters. The molecule has 3 fully saturated rings. The van der Waals surface area contributed by atoms with Gasteiger partial charge in [-0.3, -0.25) is 4.79 Å². The van der Waals surface area contributed by atoms with Crippen LogP contribution in [0.3, 0.4) is 0 Å². The number of hydrogen-bond donors (Lipinski definition) is 1. The van der Waals surface area contributed by atoms with E-state index in [9.17, 15) is 32.7 Å². The van der Waals surface area contributed by atoms with Crippen molar-refractivity contribution in [2.75, 3.05) is 6.61 Å². The van der Waals surface area contributed by atoms with Crippen molar-refractivity contribution in [3.8, 4) is 0 Å². The van der Waals surface area contributed by atoms with Crippen LogP contribution < -0.4 is 0 Å². The molecule has 1 aromatic rings. The Balaban J connectivity index is 1.51. The zero-order valence-corrected chi connectivity index (χ0v) is 24.0. The molecule has 0 heterocycles. The fourth-order valence-corrected chi connectivity index (χ4v) is 7.82. The minimum absolute atomic E-state index is 0.0613. The van der Waals surface area contributed by atoms with Gasteiger partial charge in [0.1, 0.15) is 11.9 Å². The molecule has 3 saturated carbocycles. The molecule has 0 aromatic heterocycles. The van der Waals surface area contributed by atoms with Gasteiger partial charge in [0.15, 0.2) is 6.61 Å². The van der Waals surface area contributed by atoms with Crippen LogP contribution in [0.5, 0.6) is 0 Å². The van der Waals surface area contributed by atoms with Gasteiger partial charge in [-0.1, -0.05) is 45.9 Å². The highest BCUT2D eigenvalue weighted by molar-refractivity contribution is 5.88. The van der Waals surface area contributed by atoms with Gasteiger partial charge in [0.25, 0.3) is 0 Å². The van der Waals surface area contributed by atoms with Crippen molar-refractivity contribution in [3.63, 3.8) is 0 Å². The summed E-state index contributed by atoms with van der Waals surface area (Å²) in [6.45, 7) is 11.3. The lowest BCUT2D eigenvalue weighted by Crippen LogP contribution is -2.63. The molecule has 224 valence electrons. The van der Waals surface area contributed by atoms with Gasteiger partial charge < -0.3 is 14.6 Å². The lowest BCUT2D eigenvalue weighted by molar-refractivity contribution is -0.208. The molecule has 0 spiro atoms. The number of benzene rings is 1. The van der Waals surface area contributed by atoms with Crippen LogP contribution in [0.2, 0.25) is 0 Å². The maximum absolute atomic E-state index is 13.4. The van der Waals surface area contributed by atoms with Gasteiger partial charge >= 0.3 is 18.1 Å². The first kappa shape index (κ1) is 31.0. The fraction of sp³-hybridized carbons (Fsp3) is 0.594. The van der Waals surface area contributed by atoms with E-state index in [4.69, 9.17) is 9.47 Å². The average molecular weight is 577 g/mol. The van der Waals surface area contributed by atoms with Crippen LogP contribution in [0.4, 0.5) is 13.2 Å². The number of alkyl halides is 3. The Morgan fingerprint density at radius 1 is 1.15 bits per heavy atom. The number of hydrogen-bond acceptors (Lipinski definition) is 6. The van der Waals surface area contributed by atoms with Crippen LogP contribution in [0, 0.1) is 34.0 Å². The highest BCUT2D eigenvalue weighted by atomic mass is 19.4. The number of carbonyl (C=O) groups is 3. The molecule has 4 rings (SSSR count). The number of ketones is 1. The largest absolute Gasteiger partial charge is 0.459 e. The molecule has 0 radical (unpaired) electrons. The van der Waals surface area contributed by atoms with E-state index >= 15 is 0 Å². The molecular formula is C32H39F3O6. The van der Waals surface area contributed by atoms with Gasteiger partial charge in [0.05, 0.1) is 11.7 Å². The van der Waals surface area contributed by atoms with E-state index in [1.54, 1.807) is 6.08 Å². The summed E-state index contributed by atoms with van der Waals surface area (Å²) in [5.74, 6) is -1.96. The van der Waals surface area contributed by atoms with Crippen LogP contribution in [0.1, 0.15) is 70.9 Å². The maximum Gasteiger partial charge on any atom is 0.416 e. The minimum atomic E-state index is -4.46. The van der Waals surface area contributed by atoms with Crippen LogP contribution >= 0.6 is 0 Å². The number of rotatable bonds is 6. The van der Waals surface area contributed by atoms with E-state index < -0.39 is 58.7 Å². The minimum Gasteiger partial charge on any atom is -0.459 e. The van der Waals surface area contributed by atoms with Crippen molar-refractivity contribution in [2.24, 2.45) is 34.0 Å². The quantitative estimate of drug-likeness (QED) is 0.248. The molecule has 3 aliphatic carbocycles.